The predicted octanol–water partition coefficient (Wildman–Crippen LogP) is 3.74. The summed E-state index contributed by atoms with van der Waals surface area (Å²) in [6.45, 7) is 4.33. The van der Waals surface area contributed by atoms with E-state index in [9.17, 15) is 0 Å². The second-order valence-corrected chi connectivity index (χ2v) is 5.54. The first kappa shape index (κ1) is 19.0. The zero-order valence-electron chi connectivity index (χ0n) is 12.1. The van der Waals surface area contributed by atoms with Gasteiger partial charge in [-0.3, -0.25) is 4.99 Å². The average molecular weight is 301 g/mol. The lowest BCUT2D eigenvalue weighted by Crippen LogP contribution is -1.78. The molecule has 0 spiro atoms. The van der Waals surface area contributed by atoms with Crippen LogP contribution in [0, 0.1) is 6.92 Å². The van der Waals surface area contributed by atoms with Crippen LogP contribution in [-0.4, -0.2) is 20.9 Å². The molecule has 3 N–H and O–H groups in total. The molecule has 0 saturated heterocycles. The van der Waals surface area contributed by atoms with Crippen LogP contribution in [0.1, 0.15) is 44.6 Å². The molecule has 0 aromatic heterocycles. The molecule has 6 heteroatoms. The normalized spacial score (nSPS) is 11.2. The van der Waals surface area contributed by atoms with E-state index in [1.165, 1.54) is 31.2 Å². The van der Waals surface area contributed by atoms with Crippen LogP contribution >= 0.6 is 7.82 Å². The summed E-state index contributed by atoms with van der Waals surface area (Å²) < 4.78 is 8.88. The highest BCUT2D eigenvalue weighted by molar-refractivity contribution is 7.45. The number of rotatable bonds is 6. The molecule has 0 fully saturated rings. The first-order valence-corrected chi connectivity index (χ1v) is 8.27. The Morgan fingerprint density at radius 1 is 1.10 bits per heavy atom. The molecule has 1 aromatic rings. The minimum Gasteiger partial charge on any atom is -0.303 e. The van der Waals surface area contributed by atoms with Gasteiger partial charge in [0.05, 0.1) is 5.69 Å². The Kier molecular flexibility index (Phi) is 10.2. The second-order valence-electron chi connectivity index (χ2n) is 4.51. The van der Waals surface area contributed by atoms with Crippen LogP contribution in [0.3, 0.4) is 0 Å². The van der Waals surface area contributed by atoms with E-state index in [4.69, 9.17) is 19.2 Å². The summed E-state index contributed by atoms with van der Waals surface area (Å²) in [5, 5.41) is 0. The standard InChI is InChI=1S/C14H21N.H3O4P/c1-3-4-5-6-7-12-15-14-10-8-13(2)9-11-14;1-5(2,3)4/h8-12H,3-7H2,1-2H3;(H3,1,2,3,4). The van der Waals surface area contributed by atoms with Crippen molar-refractivity contribution < 1.29 is 19.2 Å². The molecule has 0 aliphatic carbocycles. The molecule has 20 heavy (non-hydrogen) atoms. The fraction of sp³-hybridized carbons (Fsp3) is 0.500. The van der Waals surface area contributed by atoms with Crippen LogP contribution in [0.15, 0.2) is 29.3 Å². The summed E-state index contributed by atoms with van der Waals surface area (Å²) in [7, 11) is -4.64. The minimum absolute atomic E-state index is 1.07. The van der Waals surface area contributed by atoms with E-state index in [1.807, 2.05) is 6.21 Å². The monoisotopic (exact) mass is 301 g/mol. The average Bonchev–Trinajstić information content (AvgIpc) is 2.34. The van der Waals surface area contributed by atoms with Crippen molar-refractivity contribution in [3.8, 4) is 0 Å². The van der Waals surface area contributed by atoms with Gasteiger partial charge < -0.3 is 14.7 Å². The molecule has 5 nitrogen and oxygen atoms in total. The summed E-state index contributed by atoms with van der Waals surface area (Å²) in [5.41, 5.74) is 2.35. The Hall–Kier alpha value is -1.00. The third kappa shape index (κ3) is 15.1. The van der Waals surface area contributed by atoms with Crippen molar-refractivity contribution in [2.24, 2.45) is 4.99 Å². The Morgan fingerprint density at radius 3 is 2.15 bits per heavy atom. The molecule has 0 radical (unpaired) electrons. The highest BCUT2D eigenvalue weighted by Gasteiger charge is 2.00. The molecule has 0 aliphatic heterocycles. The molecular weight excluding hydrogens is 277 g/mol. The Balaban J connectivity index is 0.000000621. The zero-order chi connectivity index (χ0) is 15.4. The molecule has 1 rings (SSSR count). The van der Waals surface area contributed by atoms with Crippen LogP contribution in [0.2, 0.25) is 0 Å². The Morgan fingerprint density at radius 2 is 1.65 bits per heavy atom. The third-order valence-corrected chi connectivity index (χ3v) is 2.46. The molecule has 0 bridgehead atoms. The summed E-state index contributed by atoms with van der Waals surface area (Å²) in [5.74, 6) is 0. The number of aryl methyl sites for hydroxylation is 1. The van der Waals surface area contributed by atoms with Crippen molar-refractivity contribution >= 4 is 19.7 Å². The fourth-order valence-corrected chi connectivity index (χ4v) is 1.46. The van der Waals surface area contributed by atoms with Crippen LogP contribution in [0.5, 0.6) is 0 Å². The van der Waals surface area contributed by atoms with Gasteiger partial charge in [-0.05, 0) is 31.9 Å². The quantitative estimate of drug-likeness (QED) is 0.424. The number of unbranched alkanes of at least 4 members (excludes halogenated alkanes) is 4. The van der Waals surface area contributed by atoms with Gasteiger partial charge in [0, 0.05) is 6.21 Å². The van der Waals surface area contributed by atoms with Gasteiger partial charge in [0.1, 0.15) is 0 Å². The molecule has 0 unspecified atom stereocenters. The molecule has 1 aromatic carbocycles. The van der Waals surface area contributed by atoms with E-state index >= 15 is 0 Å². The maximum absolute atomic E-state index is 8.88. The van der Waals surface area contributed by atoms with Gasteiger partial charge in [-0.1, -0.05) is 43.9 Å². The van der Waals surface area contributed by atoms with Crippen LogP contribution in [-0.2, 0) is 4.57 Å². The van der Waals surface area contributed by atoms with Gasteiger partial charge in [0.25, 0.3) is 0 Å². The summed E-state index contributed by atoms with van der Waals surface area (Å²) in [4.78, 5) is 26.0. The summed E-state index contributed by atoms with van der Waals surface area (Å²) in [6, 6.07) is 8.34. The highest BCUT2D eigenvalue weighted by Crippen LogP contribution is 2.25. The van der Waals surface area contributed by atoms with Gasteiger partial charge in [-0.2, -0.15) is 0 Å². The van der Waals surface area contributed by atoms with Gasteiger partial charge >= 0.3 is 7.82 Å². The third-order valence-electron chi connectivity index (χ3n) is 2.46. The molecule has 0 amide bonds. The van der Waals surface area contributed by atoms with E-state index in [2.05, 4.69) is 43.1 Å². The van der Waals surface area contributed by atoms with E-state index in [-0.39, 0.29) is 0 Å². The highest BCUT2D eigenvalue weighted by atomic mass is 31.2. The van der Waals surface area contributed by atoms with Crippen molar-refractivity contribution in [3.05, 3.63) is 29.8 Å². The molecule has 114 valence electrons. The number of aliphatic imine (C=N–C) groups is 1. The number of nitrogens with zero attached hydrogens (tertiary/aromatic N) is 1. The first-order chi connectivity index (χ1) is 9.33. The predicted molar refractivity (Wildman–Crippen MR) is 82.4 cm³/mol. The lowest BCUT2D eigenvalue weighted by Gasteiger charge is -1.95. The zero-order valence-corrected chi connectivity index (χ0v) is 13.0. The SMILES string of the molecule is CCCCCCC=Nc1ccc(C)cc1.O=P(O)(O)O. The first-order valence-electron chi connectivity index (χ1n) is 6.70. The second kappa shape index (κ2) is 10.7. The molecule has 0 heterocycles. The van der Waals surface area contributed by atoms with Crippen LogP contribution < -0.4 is 0 Å². The van der Waals surface area contributed by atoms with Crippen molar-refractivity contribution in [2.75, 3.05) is 0 Å². The number of phosphoric acid groups is 1. The van der Waals surface area contributed by atoms with Gasteiger partial charge in [-0.25, -0.2) is 4.57 Å². The molecule has 0 atom stereocenters. The van der Waals surface area contributed by atoms with Crippen molar-refractivity contribution in [3.63, 3.8) is 0 Å². The maximum atomic E-state index is 8.88. The maximum Gasteiger partial charge on any atom is 0.466 e. The van der Waals surface area contributed by atoms with E-state index in [1.54, 1.807) is 0 Å². The molecular formula is C14H24NO4P. The van der Waals surface area contributed by atoms with Crippen molar-refractivity contribution in [1.29, 1.82) is 0 Å². The topological polar surface area (TPSA) is 90.1 Å². The van der Waals surface area contributed by atoms with E-state index < -0.39 is 7.82 Å². The number of benzene rings is 1. The fourth-order valence-electron chi connectivity index (χ4n) is 1.46. The number of hydrogen-bond donors (Lipinski definition) is 3. The van der Waals surface area contributed by atoms with Crippen molar-refractivity contribution in [1.82, 2.24) is 0 Å². The minimum atomic E-state index is -4.64. The van der Waals surface area contributed by atoms with Gasteiger partial charge in [-0.15, -0.1) is 0 Å². The summed E-state index contributed by atoms with van der Waals surface area (Å²) in [6.07, 6.45) is 8.39. The van der Waals surface area contributed by atoms with E-state index in [0.717, 1.165) is 12.1 Å². The van der Waals surface area contributed by atoms with Crippen molar-refractivity contribution in [2.45, 2.75) is 46.0 Å². The Labute approximate surface area is 120 Å². The van der Waals surface area contributed by atoms with Crippen LogP contribution in [0.25, 0.3) is 0 Å². The molecule has 0 aliphatic rings. The van der Waals surface area contributed by atoms with E-state index in [0.29, 0.717) is 0 Å². The van der Waals surface area contributed by atoms with Gasteiger partial charge in [0.2, 0.25) is 0 Å². The lowest BCUT2D eigenvalue weighted by molar-refractivity contribution is 0.275. The lowest BCUT2D eigenvalue weighted by atomic mass is 10.2. The Bertz CT molecular complexity index is 417. The molecule has 0 saturated carbocycles. The van der Waals surface area contributed by atoms with Gasteiger partial charge in [0.15, 0.2) is 0 Å². The smallest absolute Gasteiger partial charge is 0.303 e. The largest absolute Gasteiger partial charge is 0.466 e. The summed E-state index contributed by atoms with van der Waals surface area (Å²) >= 11 is 0. The van der Waals surface area contributed by atoms with Crippen LogP contribution in [0.4, 0.5) is 5.69 Å². The number of hydrogen-bond acceptors (Lipinski definition) is 2.